The first-order chi connectivity index (χ1) is 13.6. The molecule has 2 amide bonds. The van der Waals surface area contributed by atoms with E-state index in [1.165, 1.54) is 0 Å². The van der Waals surface area contributed by atoms with Gasteiger partial charge in [0.25, 0.3) is 11.8 Å². The van der Waals surface area contributed by atoms with Crippen LogP contribution in [0.2, 0.25) is 0 Å². The molecule has 0 saturated heterocycles. The Kier molecular flexibility index (Phi) is 6.39. The molecular weight excluding hydrogens is 356 g/mol. The molecule has 0 saturated carbocycles. The third-order valence-electron chi connectivity index (χ3n) is 4.42. The van der Waals surface area contributed by atoms with Crippen LogP contribution in [0.1, 0.15) is 46.1 Å². The molecule has 2 N–H and O–H groups in total. The number of nitrogens with one attached hydrogen (secondary N) is 2. The summed E-state index contributed by atoms with van der Waals surface area (Å²) in [5.74, 6) is -0.466. The quantitative estimate of drug-likeness (QED) is 0.588. The van der Waals surface area contributed by atoms with E-state index in [4.69, 9.17) is 4.74 Å². The monoisotopic (exact) mass is 380 g/mol. The SMILES string of the molecule is COCCCNC(=O)c1nc(C(=O)NC(C)c2ccccc2)n2ccccc12. The van der Waals surface area contributed by atoms with E-state index < -0.39 is 0 Å². The van der Waals surface area contributed by atoms with Crippen LogP contribution in [-0.2, 0) is 4.74 Å². The fraction of sp³-hybridized carbons (Fsp3) is 0.286. The number of benzene rings is 1. The lowest BCUT2D eigenvalue weighted by molar-refractivity contribution is 0.0928. The molecule has 2 aromatic heterocycles. The topological polar surface area (TPSA) is 84.7 Å². The number of amides is 2. The maximum Gasteiger partial charge on any atom is 0.288 e. The van der Waals surface area contributed by atoms with Crippen molar-refractivity contribution in [1.29, 1.82) is 0 Å². The highest BCUT2D eigenvalue weighted by molar-refractivity contribution is 6.02. The minimum absolute atomic E-state index is 0.181. The average Bonchev–Trinajstić information content (AvgIpc) is 3.11. The van der Waals surface area contributed by atoms with Crippen molar-refractivity contribution in [3.8, 4) is 0 Å². The molecule has 0 spiro atoms. The van der Waals surface area contributed by atoms with Gasteiger partial charge >= 0.3 is 0 Å². The van der Waals surface area contributed by atoms with E-state index in [1.807, 2.05) is 43.3 Å². The van der Waals surface area contributed by atoms with Gasteiger partial charge in [-0.1, -0.05) is 36.4 Å². The Morgan fingerprint density at radius 3 is 2.61 bits per heavy atom. The Morgan fingerprint density at radius 2 is 1.86 bits per heavy atom. The minimum atomic E-state index is -0.337. The van der Waals surface area contributed by atoms with Gasteiger partial charge in [-0.2, -0.15) is 0 Å². The number of methoxy groups -OCH3 is 1. The summed E-state index contributed by atoms with van der Waals surface area (Å²) in [7, 11) is 1.62. The molecule has 3 rings (SSSR count). The Morgan fingerprint density at radius 1 is 1.11 bits per heavy atom. The van der Waals surface area contributed by atoms with Crippen LogP contribution in [0.3, 0.4) is 0 Å². The van der Waals surface area contributed by atoms with Gasteiger partial charge in [0, 0.05) is 26.5 Å². The number of carbonyl (C=O) groups is 2. The third kappa shape index (κ3) is 4.37. The molecule has 28 heavy (non-hydrogen) atoms. The zero-order valence-electron chi connectivity index (χ0n) is 16.0. The smallest absolute Gasteiger partial charge is 0.288 e. The van der Waals surface area contributed by atoms with Crippen molar-refractivity contribution in [1.82, 2.24) is 20.0 Å². The Bertz CT molecular complexity index is 953. The number of hydrogen-bond donors (Lipinski definition) is 2. The zero-order valence-corrected chi connectivity index (χ0v) is 16.0. The molecule has 0 fully saturated rings. The standard InChI is InChI=1S/C21H24N4O3/c1-15(16-9-4-3-5-10-16)23-21(27)19-24-18(17-11-6-7-13-25(17)19)20(26)22-12-8-14-28-2/h3-7,9-11,13,15H,8,12,14H2,1-2H3,(H,22,26)(H,23,27). The lowest BCUT2D eigenvalue weighted by atomic mass is 10.1. The number of rotatable bonds is 8. The predicted molar refractivity (Wildman–Crippen MR) is 106 cm³/mol. The number of aromatic nitrogens is 2. The molecular formula is C21H24N4O3. The van der Waals surface area contributed by atoms with Gasteiger partial charge in [-0.05, 0) is 31.0 Å². The van der Waals surface area contributed by atoms with Gasteiger partial charge in [0.05, 0.1) is 11.6 Å². The maximum atomic E-state index is 12.8. The maximum absolute atomic E-state index is 12.8. The molecule has 1 atom stereocenters. The predicted octanol–water partition coefficient (Wildman–Crippen LogP) is 2.59. The van der Waals surface area contributed by atoms with Crippen LogP contribution in [0.5, 0.6) is 0 Å². The number of imidazole rings is 1. The number of hydrogen-bond acceptors (Lipinski definition) is 4. The molecule has 0 bridgehead atoms. The average molecular weight is 380 g/mol. The molecule has 7 nitrogen and oxygen atoms in total. The number of ether oxygens (including phenoxy) is 1. The van der Waals surface area contributed by atoms with Crippen LogP contribution in [0, 0.1) is 0 Å². The second-order valence-electron chi connectivity index (χ2n) is 6.45. The van der Waals surface area contributed by atoms with E-state index in [-0.39, 0.29) is 29.4 Å². The lowest BCUT2D eigenvalue weighted by Gasteiger charge is -2.13. The Labute approximate surface area is 163 Å². The van der Waals surface area contributed by atoms with Gasteiger partial charge < -0.3 is 15.4 Å². The van der Waals surface area contributed by atoms with Crippen LogP contribution in [0.15, 0.2) is 54.7 Å². The van der Waals surface area contributed by atoms with E-state index >= 15 is 0 Å². The Hall–Kier alpha value is -3.19. The first-order valence-corrected chi connectivity index (χ1v) is 9.22. The molecule has 0 aliphatic rings. The first kappa shape index (κ1) is 19.6. The van der Waals surface area contributed by atoms with Crippen LogP contribution in [0.4, 0.5) is 0 Å². The van der Waals surface area contributed by atoms with Gasteiger partial charge in [-0.3, -0.25) is 14.0 Å². The van der Waals surface area contributed by atoms with Gasteiger partial charge in [0.15, 0.2) is 5.69 Å². The fourth-order valence-electron chi connectivity index (χ4n) is 2.95. The van der Waals surface area contributed by atoms with E-state index in [0.717, 1.165) is 5.56 Å². The number of fused-ring (bicyclic) bond motifs is 1. The van der Waals surface area contributed by atoms with Gasteiger partial charge in [0.1, 0.15) is 0 Å². The van der Waals surface area contributed by atoms with E-state index in [9.17, 15) is 9.59 Å². The second-order valence-corrected chi connectivity index (χ2v) is 6.45. The van der Waals surface area contributed by atoms with Crippen LogP contribution >= 0.6 is 0 Å². The van der Waals surface area contributed by atoms with Crippen molar-refractivity contribution in [2.45, 2.75) is 19.4 Å². The number of nitrogens with zero attached hydrogens (tertiary/aromatic N) is 2. The largest absolute Gasteiger partial charge is 0.385 e. The molecule has 1 unspecified atom stereocenters. The van der Waals surface area contributed by atoms with E-state index in [2.05, 4.69) is 15.6 Å². The summed E-state index contributed by atoms with van der Waals surface area (Å²) in [5.41, 5.74) is 1.81. The third-order valence-corrected chi connectivity index (χ3v) is 4.42. The number of pyridine rings is 1. The van der Waals surface area contributed by atoms with E-state index in [0.29, 0.717) is 25.1 Å². The Balaban J connectivity index is 1.81. The number of carbonyl (C=O) groups excluding carboxylic acids is 2. The van der Waals surface area contributed by atoms with Crippen molar-refractivity contribution in [3.05, 3.63) is 71.8 Å². The first-order valence-electron chi connectivity index (χ1n) is 9.22. The fourth-order valence-corrected chi connectivity index (χ4v) is 2.95. The van der Waals surface area contributed by atoms with Gasteiger partial charge in [-0.25, -0.2) is 4.98 Å². The van der Waals surface area contributed by atoms with Crippen LogP contribution in [-0.4, -0.2) is 41.5 Å². The minimum Gasteiger partial charge on any atom is -0.385 e. The summed E-state index contributed by atoms with van der Waals surface area (Å²) < 4.78 is 6.62. The highest BCUT2D eigenvalue weighted by Gasteiger charge is 2.22. The molecule has 3 aromatic rings. The summed E-state index contributed by atoms with van der Waals surface area (Å²) in [6, 6.07) is 14.9. The van der Waals surface area contributed by atoms with Crippen LogP contribution < -0.4 is 10.6 Å². The molecule has 0 radical (unpaired) electrons. The highest BCUT2D eigenvalue weighted by atomic mass is 16.5. The van der Waals surface area contributed by atoms with Crippen molar-refractivity contribution < 1.29 is 14.3 Å². The van der Waals surface area contributed by atoms with Gasteiger partial charge in [0.2, 0.25) is 5.82 Å². The molecule has 7 heteroatoms. The van der Waals surface area contributed by atoms with Crippen molar-refractivity contribution in [2.75, 3.05) is 20.3 Å². The summed E-state index contributed by atoms with van der Waals surface area (Å²) >= 11 is 0. The van der Waals surface area contributed by atoms with Crippen LogP contribution in [0.25, 0.3) is 5.52 Å². The summed E-state index contributed by atoms with van der Waals surface area (Å²) in [6.07, 6.45) is 2.43. The molecule has 1 aromatic carbocycles. The summed E-state index contributed by atoms with van der Waals surface area (Å²) in [5, 5.41) is 5.76. The molecule has 0 aliphatic heterocycles. The molecule has 146 valence electrons. The van der Waals surface area contributed by atoms with Gasteiger partial charge in [-0.15, -0.1) is 0 Å². The molecule has 2 heterocycles. The zero-order chi connectivity index (χ0) is 19.9. The normalized spacial score (nSPS) is 11.9. The van der Waals surface area contributed by atoms with Crippen molar-refractivity contribution in [3.63, 3.8) is 0 Å². The van der Waals surface area contributed by atoms with Crippen molar-refractivity contribution in [2.24, 2.45) is 0 Å². The highest BCUT2D eigenvalue weighted by Crippen LogP contribution is 2.16. The second kappa shape index (κ2) is 9.14. The summed E-state index contributed by atoms with van der Waals surface area (Å²) in [4.78, 5) is 29.7. The van der Waals surface area contributed by atoms with Crippen molar-refractivity contribution >= 4 is 17.3 Å². The van der Waals surface area contributed by atoms with E-state index in [1.54, 1.807) is 29.8 Å². The lowest BCUT2D eigenvalue weighted by Crippen LogP contribution is -2.29. The summed E-state index contributed by atoms with van der Waals surface area (Å²) in [6.45, 7) is 2.95. The molecule has 0 aliphatic carbocycles.